The maximum Gasteiger partial charge on any atom is 0.356 e. The van der Waals surface area contributed by atoms with Gasteiger partial charge in [0.2, 0.25) is 5.95 Å². The summed E-state index contributed by atoms with van der Waals surface area (Å²) in [6.07, 6.45) is -0.113. The molecule has 8 nitrogen and oxygen atoms in total. The van der Waals surface area contributed by atoms with Crippen LogP contribution in [0.5, 0.6) is 5.75 Å². The number of halogens is 2. The van der Waals surface area contributed by atoms with Gasteiger partial charge in [-0.3, -0.25) is 9.69 Å². The Kier molecular flexibility index (Phi) is 6.22. The molecule has 2 aliphatic rings. The van der Waals surface area contributed by atoms with Gasteiger partial charge in [0.15, 0.2) is 11.8 Å². The van der Waals surface area contributed by atoms with E-state index in [-0.39, 0.29) is 11.6 Å². The second kappa shape index (κ2) is 9.07. The lowest BCUT2D eigenvalue weighted by Crippen LogP contribution is -2.46. The molecule has 1 aromatic heterocycles. The molecule has 0 radical (unpaired) electrons. The average Bonchev–Trinajstić information content (AvgIpc) is 2.79. The quantitative estimate of drug-likeness (QED) is 0.558. The van der Waals surface area contributed by atoms with Gasteiger partial charge in [-0.05, 0) is 24.6 Å². The SMILES string of the molecule is CCC1Oc2cc(F)c(CN3CCN(c4ccc(C(=O)OC)nc4F)CC3)cc2NC1=O. The number of esters is 1. The minimum atomic E-state index is -0.733. The van der Waals surface area contributed by atoms with Gasteiger partial charge in [0.05, 0.1) is 18.5 Å². The molecule has 32 heavy (non-hydrogen) atoms. The molecule has 0 spiro atoms. The maximum atomic E-state index is 14.7. The van der Waals surface area contributed by atoms with E-state index in [0.717, 1.165) is 0 Å². The number of carbonyl (C=O) groups is 2. The van der Waals surface area contributed by atoms with Gasteiger partial charge in [0, 0.05) is 44.4 Å². The summed E-state index contributed by atoms with van der Waals surface area (Å²) in [5.41, 5.74) is 1.14. The zero-order valence-electron chi connectivity index (χ0n) is 17.9. The number of anilines is 2. The van der Waals surface area contributed by atoms with Gasteiger partial charge in [0.25, 0.3) is 5.91 Å². The van der Waals surface area contributed by atoms with Crippen LogP contribution in [0.2, 0.25) is 0 Å². The molecule has 1 saturated heterocycles. The fourth-order valence-electron chi connectivity index (χ4n) is 3.87. The van der Waals surface area contributed by atoms with E-state index in [2.05, 4.69) is 19.9 Å². The maximum absolute atomic E-state index is 14.7. The van der Waals surface area contributed by atoms with Crippen LogP contribution in [-0.4, -0.2) is 61.2 Å². The summed E-state index contributed by atoms with van der Waals surface area (Å²) >= 11 is 0. The molecule has 2 aliphatic heterocycles. The van der Waals surface area contributed by atoms with Crippen molar-refractivity contribution in [3.8, 4) is 5.75 Å². The summed E-state index contributed by atoms with van der Waals surface area (Å²) in [5.74, 6) is -1.73. The van der Waals surface area contributed by atoms with Gasteiger partial charge in [-0.25, -0.2) is 14.2 Å². The predicted molar refractivity (Wildman–Crippen MR) is 113 cm³/mol. The Morgan fingerprint density at radius 3 is 2.66 bits per heavy atom. The smallest absolute Gasteiger partial charge is 0.356 e. The van der Waals surface area contributed by atoms with Gasteiger partial charge >= 0.3 is 5.97 Å². The number of rotatable bonds is 5. The van der Waals surface area contributed by atoms with Crippen molar-refractivity contribution in [3.05, 3.63) is 47.3 Å². The number of nitrogens with one attached hydrogen (secondary N) is 1. The number of carbonyl (C=O) groups excluding carboxylic acids is 2. The van der Waals surface area contributed by atoms with Crippen molar-refractivity contribution in [2.24, 2.45) is 0 Å². The predicted octanol–water partition coefficient (Wildman–Crippen LogP) is 2.58. The highest BCUT2D eigenvalue weighted by Crippen LogP contribution is 2.33. The number of pyridine rings is 1. The molecule has 3 heterocycles. The van der Waals surface area contributed by atoms with Gasteiger partial charge in [-0.15, -0.1) is 0 Å². The Labute approximate surface area is 184 Å². The minimum Gasteiger partial charge on any atom is -0.478 e. The van der Waals surface area contributed by atoms with E-state index in [4.69, 9.17) is 4.74 Å². The van der Waals surface area contributed by atoms with Crippen LogP contribution < -0.4 is 15.0 Å². The Morgan fingerprint density at radius 1 is 1.25 bits per heavy atom. The second-order valence-electron chi connectivity index (χ2n) is 7.70. The number of methoxy groups -OCH3 is 1. The number of nitrogens with zero attached hydrogens (tertiary/aromatic N) is 3. The molecule has 4 rings (SSSR count). The number of fused-ring (bicyclic) bond motifs is 1. The first-order chi connectivity index (χ1) is 15.4. The molecule has 0 bridgehead atoms. The van der Waals surface area contributed by atoms with Crippen molar-refractivity contribution in [2.45, 2.75) is 26.0 Å². The van der Waals surface area contributed by atoms with Gasteiger partial charge in [-0.1, -0.05) is 6.92 Å². The van der Waals surface area contributed by atoms with E-state index in [1.54, 1.807) is 6.07 Å². The van der Waals surface area contributed by atoms with Crippen molar-refractivity contribution in [2.75, 3.05) is 43.5 Å². The van der Waals surface area contributed by atoms with E-state index in [1.807, 2.05) is 11.8 Å². The van der Waals surface area contributed by atoms with Crippen LogP contribution in [-0.2, 0) is 16.1 Å². The van der Waals surface area contributed by atoms with Crippen molar-refractivity contribution < 1.29 is 27.8 Å². The molecule has 1 fully saturated rings. The molecule has 1 N–H and O–H groups in total. The van der Waals surface area contributed by atoms with Crippen LogP contribution in [0, 0.1) is 11.8 Å². The molecule has 0 saturated carbocycles. The standard InChI is InChI=1S/C22H24F2N4O4/c1-3-18-21(29)26-16-10-13(14(23)11-19(16)32-18)12-27-6-8-28(9-7-27)17-5-4-15(22(30)31-2)25-20(17)24/h4-5,10-11,18H,3,6-9,12H2,1-2H3,(H,26,29). The Hall–Kier alpha value is -3.27. The lowest BCUT2D eigenvalue weighted by Gasteiger charge is -2.36. The van der Waals surface area contributed by atoms with Gasteiger partial charge in [-0.2, -0.15) is 4.39 Å². The van der Waals surface area contributed by atoms with E-state index < -0.39 is 23.8 Å². The van der Waals surface area contributed by atoms with E-state index in [9.17, 15) is 18.4 Å². The largest absolute Gasteiger partial charge is 0.478 e. The van der Waals surface area contributed by atoms with Gasteiger partial charge in [0.1, 0.15) is 11.6 Å². The number of aromatic nitrogens is 1. The van der Waals surface area contributed by atoms with Crippen LogP contribution in [0.4, 0.5) is 20.2 Å². The van der Waals surface area contributed by atoms with Crippen molar-refractivity contribution >= 4 is 23.3 Å². The van der Waals surface area contributed by atoms with Crippen LogP contribution in [0.1, 0.15) is 29.4 Å². The van der Waals surface area contributed by atoms with Crippen molar-refractivity contribution in [3.63, 3.8) is 0 Å². The van der Waals surface area contributed by atoms with Crippen molar-refractivity contribution in [1.29, 1.82) is 0 Å². The number of hydrogen-bond acceptors (Lipinski definition) is 7. The van der Waals surface area contributed by atoms with E-state index in [1.165, 1.54) is 25.3 Å². The zero-order chi connectivity index (χ0) is 22.8. The van der Waals surface area contributed by atoms with Gasteiger partial charge < -0.3 is 19.7 Å². The highest BCUT2D eigenvalue weighted by atomic mass is 19.1. The average molecular weight is 446 g/mol. The first-order valence-corrected chi connectivity index (χ1v) is 10.4. The molecule has 170 valence electrons. The second-order valence-corrected chi connectivity index (χ2v) is 7.70. The summed E-state index contributed by atoms with van der Waals surface area (Å²) in [6.45, 7) is 4.36. The first-order valence-electron chi connectivity index (χ1n) is 10.4. The summed E-state index contributed by atoms with van der Waals surface area (Å²) in [4.78, 5) is 31.1. The van der Waals surface area contributed by atoms with E-state index in [0.29, 0.717) is 61.8 Å². The van der Waals surface area contributed by atoms with Crippen LogP contribution in [0.25, 0.3) is 0 Å². The first kappa shape index (κ1) is 21.9. The highest BCUT2D eigenvalue weighted by molar-refractivity contribution is 5.97. The summed E-state index contributed by atoms with van der Waals surface area (Å²) < 4.78 is 39.2. The monoisotopic (exact) mass is 446 g/mol. The normalized spacial score (nSPS) is 18.6. The minimum absolute atomic E-state index is 0.0865. The molecular weight excluding hydrogens is 422 g/mol. The fraction of sp³-hybridized carbons (Fsp3) is 0.409. The summed E-state index contributed by atoms with van der Waals surface area (Å²) in [7, 11) is 1.21. The summed E-state index contributed by atoms with van der Waals surface area (Å²) in [6, 6.07) is 5.86. The highest BCUT2D eigenvalue weighted by Gasteiger charge is 2.28. The lowest BCUT2D eigenvalue weighted by atomic mass is 10.1. The van der Waals surface area contributed by atoms with Crippen molar-refractivity contribution in [1.82, 2.24) is 9.88 Å². The molecular formula is C22H24F2N4O4. The Bertz CT molecular complexity index is 1040. The van der Waals surface area contributed by atoms with Crippen LogP contribution in [0.15, 0.2) is 24.3 Å². The number of amides is 1. The molecule has 1 amide bonds. The lowest BCUT2D eigenvalue weighted by molar-refractivity contribution is -0.123. The van der Waals surface area contributed by atoms with Crippen LogP contribution >= 0.6 is 0 Å². The third kappa shape index (κ3) is 4.36. The third-order valence-corrected chi connectivity index (χ3v) is 5.67. The number of ether oxygens (including phenoxy) is 2. The molecule has 2 aromatic rings. The molecule has 10 heteroatoms. The molecule has 1 unspecified atom stereocenters. The third-order valence-electron chi connectivity index (χ3n) is 5.67. The molecule has 1 atom stereocenters. The fourth-order valence-corrected chi connectivity index (χ4v) is 3.87. The number of piperazine rings is 1. The molecule has 0 aliphatic carbocycles. The number of hydrogen-bond donors (Lipinski definition) is 1. The zero-order valence-corrected chi connectivity index (χ0v) is 17.9. The Morgan fingerprint density at radius 2 is 2.00 bits per heavy atom. The topological polar surface area (TPSA) is 84.0 Å². The number of benzene rings is 1. The van der Waals surface area contributed by atoms with Crippen LogP contribution in [0.3, 0.4) is 0 Å². The summed E-state index contributed by atoms with van der Waals surface area (Å²) in [5, 5.41) is 2.78. The van der Waals surface area contributed by atoms with E-state index >= 15 is 0 Å². The Balaban J connectivity index is 1.40. The molecule has 1 aromatic carbocycles.